The van der Waals surface area contributed by atoms with Crippen molar-refractivity contribution in [2.24, 2.45) is 0 Å². The number of nitrogens with zero attached hydrogens (tertiary/aromatic N) is 2. The molecule has 21 heavy (non-hydrogen) atoms. The lowest BCUT2D eigenvalue weighted by molar-refractivity contribution is -0.113. The molecule has 1 amide bonds. The number of carbonyl (C=O) groups excluding carboxylic acids is 1. The van der Waals surface area contributed by atoms with Crippen LogP contribution in [0.2, 0.25) is 0 Å². The zero-order valence-electron chi connectivity index (χ0n) is 11.6. The van der Waals surface area contributed by atoms with Crippen molar-refractivity contribution in [2.45, 2.75) is 19.1 Å². The van der Waals surface area contributed by atoms with Crippen LogP contribution in [0.4, 0.5) is 5.69 Å². The minimum Gasteiger partial charge on any atom is -0.431 e. The third-order valence-electron chi connectivity index (χ3n) is 2.99. The maximum atomic E-state index is 12.0. The van der Waals surface area contributed by atoms with Gasteiger partial charge in [0.1, 0.15) is 5.52 Å². The van der Waals surface area contributed by atoms with Gasteiger partial charge in [-0.15, -0.1) is 0 Å². The molecule has 1 aromatic carbocycles. The molecule has 3 aromatic rings. The minimum atomic E-state index is -0.116. The first-order valence-corrected chi connectivity index (χ1v) is 7.42. The lowest BCUT2D eigenvalue weighted by Crippen LogP contribution is -2.15. The number of oxazole rings is 1. The molecule has 0 bridgehead atoms. The highest BCUT2D eigenvalue weighted by atomic mass is 32.2. The molecule has 0 unspecified atom stereocenters. The predicted molar refractivity (Wildman–Crippen MR) is 81.4 cm³/mol. The van der Waals surface area contributed by atoms with E-state index in [-0.39, 0.29) is 11.7 Å². The summed E-state index contributed by atoms with van der Waals surface area (Å²) in [6.07, 6.45) is 0. The lowest BCUT2D eigenvalue weighted by Gasteiger charge is -2.03. The van der Waals surface area contributed by atoms with Gasteiger partial charge >= 0.3 is 0 Å². The number of rotatable bonds is 4. The van der Waals surface area contributed by atoms with E-state index in [0.29, 0.717) is 5.22 Å². The molecule has 0 aliphatic rings. The molecule has 0 fully saturated rings. The number of benzene rings is 1. The summed E-state index contributed by atoms with van der Waals surface area (Å²) in [5.74, 6) is 0.117. The number of aromatic amines is 1. The van der Waals surface area contributed by atoms with Crippen molar-refractivity contribution < 1.29 is 9.21 Å². The van der Waals surface area contributed by atoms with Crippen molar-refractivity contribution in [1.29, 1.82) is 0 Å². The fourth-order valence-corrected chi connectivity index (χ4v) is 2.59. The van der Waals surface area contributed by atoms with Gasteiger partial charge in [0.05, 0.1) is 22.8 Å². The Hall–Kier alpha value is -2.28. The second kappa shape index (κ2) is 5.61. The van der Waals surface area contributed by atoms with Crippen molar-refractivity contribution in [1.82, 2.24) is 15.2 Å². The van der Waals surface area contributed by atoms with Crippen LogP contribution < -0.4 is 5.32 Å². The van der Waals surface area contributed by atoms with Crippen LogP contribution in [-0.4, -0.2) is 26.8 Å². The SMILES string of the molecule is Cc1n[nH]c(C)c1NC(=O)CSc1nc2ccccc2o1. The van der Waals surface area contributed by atoms with E-state index in [4.69, 9.17) is 4.42 Å². The minimum absolute atomic E-state index is 0.116. The van der Waals surface area contributed by atoms with Crippen LogP contribution in [-0.2, 0) is 4.79 Å². The quantitative estimate of drug-likeness (QED) is 0.724. The van der Waals surface area contributed by atoms with E-state index in [9.17, 15) is 4.79 Å². The molecule has 6 nitrogen and oxygen atoms in total. The van der Waals surface area contributed by atoms with E-state index in [1.54, 1.807) is 0 Å². The van der Waals surface area contributed by atoms with Gasteiger partial charge in [0, 0.05) is 0 Å². The number of amides is 1. The molecule has 0 spiro atoms. The molecule has 2 aromatic heterocycles. The van der Waals surface area contributed by atoms with Gasteiger partial charge in [0.2, 0.25) is 5.91 Å². The van der Waals surface area contributed by atoms with E-state index in [2.05, 4.69) is 20.5 Å². The maximum absolute atomic E-state index is 12.0. The Morgan fingerprint density at radius 3 is 2.90 bits per heavy atom. The Kier molecular flexibility index (Phi) is 3.66. The van der Waals surface area contributed by atoms with E-state index in [1.165, 1.54) is 11.8 Å². The molecule has 0 saturated heterocycles. The average molecular weight is 302 g/mol. The summed E-state index contributed by atoms with van der Waals surface area (Å²) in [6.45, 7) is 3.70. The number of carbonyl (C=O) groups is 1. The number of hydrogen-bond acceptors (Lipinski definition) is 5. The van der Waals surface area contributed by atoms with Crippen LogP contribution in [0.1, 0.15) is 11.4 Å². The standard InChI is InChI=1S/C14H14N4O2S/c1-8-13(9(2)18-17-8)16-12(19)7-21-14-15-10-5-3-4-6-11(10)20-14/h3-6H,7H2,1-2H3,(H,16,19)(H,17,18). The largest absolute Gasteiger partial charge is 0.431 e. The van der Waals surface area contributed by atoms with Crippen molar-refractivity contribution in [2.75, 3.05) is 11.1 Å². The van der Waals surface area contributed by atoms with Gasteiger partial charge in [-0.25, -0.2) is 4.98 Å². The Labute approximate surface area is 125 Å². The highest BCUT2D eigenvalue weighted by Crippen LogP contribution is 2.23. The molecule has 0 atom stereocenters. The second-order valence-electron chi connectivity index (χ2n) is 4.59. The monoisotopic (exact) mass is 302 g/mol. The van der Waals surface area contributed by atoms with Crippen molar-refractivity contribution in [3.63, 3.8) is 0 Å². The van der Waals surface area contributed by atoms with Gasteiger partial charge < -0.3 is 9.73 Å². The molecule has 2 N–H and O–H groups in total. The molecular weight excluding hydrogens is 288 g/mol. The Morgan fingerprint density at radius 1 is 1.38 bits per heavy atom. The Balaban J connectivity index is 1.63. The number of para-hydroxylation sites is 2. The van der Waals surface area contributed by atoms with E-state index in [0.717, 1.165) is 28.2 Å². The zero-order chi connectivity index (χ0) is 14.8. The number of thioether (sulfide) groups is 1. The number of anilines is 1. The second-order valence-corrected chi connectivity index (χ2v) is 5.52. The summed E-state index contributed by atoms with van der Waals surface area (Å²) >= 11 is 1.27. The van der Waals surface area contributed by atoms with Crippen LogP contribution in [0.5, 0.6) is 0 Å². The van der Waals surface area contributed by atoms with Gasteiger partial charge in [-0.1, -0.05) is 23.9 Å². The van der Waals surface area contributed by atoms with Crippen LogP contribution in [0.25, 0.3) is 11.1 Å². The molecule has 0 aliphatic heterocycles. The fourth-order valence-electron chi connectivity index (χ4n) is 1.95. The number of fused-ring (bicyclic) bond motifs is 1. The lowest BCUT2D eigenvalue weighted by atomic mass is 10.3. The van der Waals surface area contributed by atoms with Gasteiger partial charge in [-0.05, 0) is 26.0 Å². The third kappa shape index (κ3) is 2.92. The van der Waals surface area contributed by atoms with Crippen LogP contribution >= 0.6 is 11.8 Å². The molecule has 0 radical (unpaired) electrons. The van der Waals surface area contributed by atoms with Gasteiger partial charge in [-0.2, -0.15) is 5.10 Å². The highest BCUT2D eigenvalue weighted by Gasteiger charge is 2.12. The van der Waals surface area contributed by atoms with Crippen LogP contribution in [0, 0.1) is 13.8 Å². The summed E-state index contributed by atoms with van der Waals surface area (Å²) in [4.78, 5) is 16.3. The summed E-state index contributed by atoms with van der Waals surface area (Å²) in [5, 5.41) is 10.2. The van der Waals surface area contributed by atoms with Crippen molar-refractivity contribution >= 4 is 34.5 Å². The van der Waals surface area contributed by atoms with E-state index < -0.39 is 0 Å². The van der Waals surface area contributed by atoms with Crippen molar-refractivity contribution in [3.05, 3.63) is 35.7 Å². The molecule has 108 valence electrons. The topological polar surface area (TPSA) is 83.8 Å². The van der Waals surface area contributed by atoms with Crippen LogP contribution in [0.3, 0.4) is 0 Å². The third-order valence-corrected chi connectivity index (χ3v) is 3.82. The average Bonchev–Trinajstić information content (AvgIpc) is 3.03. The van der Waals surface area contributed by atoms with Gasteiger partial charge in [0.15, 0.2) is 5.58 Å². The molecule has 7 heteroatoms. The number of hydrogen-bond donors (Lipinski definition) is 2. The maximum Gasteiger partial charge on any atom is 0.257 e. The smallest absolute Gasteiger partial charge is 0.257 e. The number of H-pyrrole nitrogens is 1. The first kappa shape index (κ1) is 13.7. The van der Waals surface area contributed by atoms with Gasteiger partial charge in [-0.3, -0.25) is 9.89 Å². The Morgan fingerprint density at radius 2 is 2.19 bits per heavy atom. The highest BCUT2D eigenvalue weighted by molar-refractivity contribution is 7.99. The Bertz CT molecular complexity index is 741. The number of aryl methyl sites for hydroxylation is 2. The summed E-state index contributed by atoms with van der Waals surface area (Å²) in [7, 11) is 0. The zero-order valence-corrected chi connectivity index (χ0v) is 12.5. The summed E-state index contributed by atoms with van der Waals surface area (Å²) < 4.78 is 5.55. The fraction of sp³-hybridized carbons (Fsp3) is 0.214. The first-order valence-electron chi connectivity index (χ1n) is 6.43. The summed E-state index contributed by atoms with van der Waals surface area (Å²) in [6, 6.07) is 7.52. The molecule has 3 rings (SSSR count). The molecule has 2 heterocycles. The van der Waals surface area contributed by atoms with Gasteiger partial charge in [0.25, 0.3) is 5.22 Å². The molecule has 0 aliphatic carbocycles. The predicted octanol–water partition coefficient (Wildman–Crippen LogP) is 2.90. The van der Waals surface area contributed by atoms with E-state index in [1.807, 2.05) is 38.1 Å². The molecular formula is C14H14N4O2S. The first-order chi connectivity index (χ1) is 10.1. The van der Waals surface area contributed by atoms with E-state index >= 15 is 0 Å². The number of nitrogens with one attached hydrogen (secondary N) is 2. The van der Waals surface area contributed by atoms with Crippen molar-refractivity contribution in [3.8, 4) is 0 Å². The number of aromatic nitrogens is 3. The molecule has 0 saturated carbocycles. The normalized spacial score (nSPS) is 11.0. The van der Waals surface area contributed by atoms with Crippen LogP contribution in [0.15, 0.2) is 33.9 Å². The summed E-state index contributed by atoms with van der Waals surface area (Å²) in [5.41, 5.74) is 3.86.